The lowest BCUT2D eigenvalue weighted by atomic mass is 10.1. The minimum absolute atomic E-state index is 0.000939. The molecule has 4 heterocycles. The van der Waals surface area contributed by atoms with Crippen molar-refractivity contribution >= 4 is 40.3 Å². The van der Waals surface area contributed by atoms with Crippen LogP contribution < -0.4 is 20.7 Å². The average molecular weight is 650 g/mol. The molecule has 2 aliphatic rings. The van der Waals surface area contributed by atoms with Gasteiger partial charge in [-0.2, -0.15) is 18.3 Å². The first-order valence-corrected chi connectivity index (χ1v) is 15.3. The second kappa shape index (κ2) is 13.7. The summed E-state index contributed by atoms with van der Waals surface area (Å²) in [6.07, 6.45) is 5.79. The largest absolute Gasteiger partial charge is 0.456 e. The molecule has 1 aromatic carbocycles. The van der Waals surface area contributed by atoms with Gasteiger partial charge in [-0.15, -0.1) is 0 Å². The van der Waals surface area contributed by atoms with E-state index < -0.39 is 17.8 Å². The third kappa shape index (κ3) is 8.16. The molecule has 3 amide bonds. The van der Waals surface area contributed by atoms with Crippen LogP contribution in [0.5, 0.6) is 11.5 Å². The highest BCUT2D eigenvalue weighted by molar-refractivity contribution is 5.99. The molecule has 3 aromatic heterocycles. The fraction of sp³-hybridized carbons (Fsp3) is 0.344. The minimum Gasteiger partial charge on any atom is -0.456 e. The molecule has 1 saturated heterocycles. The molecule has 1 aliphatic heterocycles. The number of ether oxygens (including phenoxy) is 1. The number of likely N-dealkylation sites (N-methyl/N-ethyl adjacent to an activating group) is 1. The molecule has 0 spiro atoms. The van der Waals surface area contributed by atoms with E-state index in [1.54, 1.807) is 42.6 Å². The van der Waals surface area contributed by atoms with Crippen molar-refractivity contribution in [2.75, 3.05) is 42.6 Å². The molecule has 246 valence electrons. The monoisotopic (exact) mass is 649 g/mol. The number of pyridine rings is 2. The predicted octanol–water partition coefficient (Wildman–Crippen LogP) is 5.86. The number of rotatable bonds is 10. The highest BCUT2D eigenvalue weighted by atomic mass is 19.4. The van der Waals surface area contributed by atoms with Crippen molar-refractivity contribution in [1.29, 1.82) is 0 Å². The van der Waals surface area contributed by atoms with Crippen LogP contribution in [0.1, 0.15) is 31.2 Å². The van der Waals surface area contributed by atoms with Crippen LogP contribution in [-0.2, 0) is 11.0 Å². The standard InChI is InChI=1S/C32H34F3N9O3/c1-43(23-8-9-23)16-3-5-27(45)44-17-2-4-22(19-44)38-30-28-25(13-15-37-29(28)41-42-30)47-24-10-6-21(7-11-24)39-31(46)40-26-18-20(12-14-36-26)32(33,34)35/h3,5-7,10-15,18,22-23H,2,4,8-9,16-17,19H2,1H3,(H2,36,39,40,46)(H2,37,38,41,42)/b5-3+/t22-/m1/s1. The molecule has 12 nitrogen and oxygen atoms in total. The number of H-pyrrole nitrogens is 1. The first-order chi connectivity index (χ1) is 22.6. The molecule has 0 bridgehead atoms. The van der Waals surface area contributed by atoms with E-state index in [0.29, 0.717) is 53.2 Å². The Kier molecular flexibility index (Phi) is 9.24. The number of benzene rings is 1. The van der Waals surface area contributed by atoms with Gasteiger partial charge in [0.05, 0.1) is 5.56 Å². The normalized spacial score (nSPS) is 16.9. The van der Waals surface area contributed by atoms with E-state index in [1.807, 2.05) is 11.0 Å². The summed E-state index contributed by atoms with van der Waals surface area (Å²) in [5.74, 6) is 1.28. The number of urea groups is 1. The molecule has 2 fully saturated rings. The van der Waals surface area contributed by atoms with Crippen molar-refractivity contribution in [3.05, 3.63) is 72.6 Å². The molecule has 4 aromatic rings. The number of carbonyl (C=O) groups excluding carboxylic acids is 2. The predicted molar refractivity (Wildman–Crippen MR) is 170 cm³/mol. The lowest BCUT2D eigenvalue weighted by molar-refractivity contribution is -0.137. The summed E-state index contributed by atoms with van der Waals surface area (Å²) in [6, 6.07) is 9.61. The number of hydrogen-bond donors (Lipinski definition) is 4. The SMILES string of the molecule is CN(C/C=C/C(=O)N1CCC[C@@H](Nc2n[nH]c3nccc(Oc4ccc(NC(=O)Nc5cc(C(F)(F)F)ccn5)cc4)c23)C1)C1CC1. The summed E-state index contributed by atoms with van der Waals surface area (Å²) in [5.41, 5.74) is -0.0140. The molecule has 1 aliphatic carbocycles. The van der Waals surface area contributed by atoms with Crippen LogP contribution in [0, 0.1) is 0 Å². The van der Waals surface area contributed by atoms with Crippen molar-refractivity contribution in [1.82, 2.24) is 30.0 Å². The van der Waals surface area contributed by atoms with Gasteiger partial charge >= 0.3 is 12.2 Å². The Hall–Kier alpha value is -5.18. The first-order valence-electron chi connectivity index (χ1n) is 15.3. The van der Waals surface area contributed by atoms with E-state index in [-0.39, 0.29) is 17.8 Å². The zero-order valence-electron chi connectivity index (χ0n) is 25.6. The summed E-state index contributed by atoms with van der Waals surface area (Å²) in [4.78, 5) is 37.5. The Morgan fingerprint density at radius 2 is 1.87 bits per heavy atom. The van der Waals surface area contributed by atoms with Crippen LogP contribution in [0.15, 0.2) is 67.0 Å². The van der Waals surface area contributed by atoms with Crippen LogP contribution in [0.4, 0.5) is 35.3 Å². The number of fused-ring (bicyclic) bond motifs is 1. The van der Waals surface area contributed by atoms with Crippen molar-refractivity contribution < 1.29 is 27.5 Å². The number of carbonyl (C=O) groups is 2. The maximum atomic E-state index is 13.0. The second-order valence-electron chi connectivity index (χ2n) is 11.6. The highest BCUT2D eigenvalue weighted by Crippen LogP contribution is 2.34. The van der Waals surface area contributed by atoms with Crippen LogP contribution in [0.25, 0.3) is 11.0 Å². The van der Waals surface area contributed by atoms with Gasteiger partial charge in [0.25, 0.3) is 0 Å². The van der Waals surface area contributed by atoms with Crippen molar-refractivity contribution in [2.24, 2.45) is 0 Å². The molecule has 15 heteroatoms. The van der Waals surface area contributed by atoms with Crippen LogP contribution in [0.3, 0.4) is 0 Å². The number of piperidine rings is 1. The molecule has 0 radical (unpaired) electrons. The number of amides is 3. The number of halogens is 3. The Bertz CT molecular complexity index is 1760. The zero-order valence-corrected chi connectivity index (χ0v) is 25.6. The van der Waals surface area contributed by atoms with Crippen molar-refractivity contribution in [2.45, 2.75) is 43.9 Å². The number of likely N-dealkylation sites (tertiary alicyclic amines) is 1. The van der Waals surface area contributed by atoms with Gasteiger partial charge in [-0.25, -0.2) is 14.8 Å². The summed E-state index contributed by atoms with van der Waals surface area (Å²) in [7, 11) is 2.08. The van der Waals surface area contributed by atoms with E-state index in [1.165, 1.54) is 12.8 Å². The quantitative estimate of drug-likeness (QED) is 0.157. The van der Waals surface area contributed by atoms with Gasteiger partial charge in [-0.05, 0) is 69.1 Å². The fourth-order valence-corrected chi connectivity index (χ4v) is 5.38. The third-order valence-electron chi connectivity index (χ3n) is 7.99. The molecule has 47 heavy (non-hydrogen) atoms. The minimum atomic E-state index is -4.56. The number of nitrogens with zero attached hydrogens (tertiary/aromatic N) is 5. The van der Waals surface area contributed by atoms with Crippen LogP contribution >= 0.6 is 0 Å². The third-order valence-corrected chi connectivity index (χ3v) is 7.99. The van der Waals surface area contributed by atoms with Gasteiger partial charge in [0.1, 0.15) is 22.7 Å². The zero-order chi connectivity index (χ0) is 33.0. The molecular formula is C32H34F3N9O3. The number of aromatic amines is 1. The topological polar surface area (TPSA) is 140 Å². The van der Waals surface area contributed by atoms with Gasteiger partial charge in [-0.1, -0.05) is 6.08 Å². The van der Waals surface area contributed by atoms with E-state index in [4.69, 9.17) is 4.74 Å². The van der Waals surface area contributed by atoms with Crippen LogP contribution in [-0.4, -0.2) is 80.7 Å². The van der Waals surface area contributed by atoms with E-state index in [0.717, 1.165) is 37.7 Å². The number of anilines is 3. The number of nitrogens with one attached hydrogen (secondary N) is 4. The van der Waals surface area contributed by atoms with Crippen molar-refractivity contribution in [3.63, 3.8) is 0 Å². The van der Waals surface area contributed by atoms with Gasteiger partial charge in [0, 0.05) is 61.9 Å². The Morgan fingerprint density at radius 1 is 1.09 bits per heavy atom. The second-order valence-corrected chi connectivity index (χ2v) is 11.6. The summed E-state index contributed by atoms with van der Waals surface area (Å²) < 4.78 is 45.0. The highest BCUT2D eigenvalue weighted by Gasteiger charge is 2.31. The summed E-state index contributed by atoms with van der Waals surface area (Å²) in [6.45, 7) is 2.00. The van der Waals surface area contributed by atoms with Crippen LogP contribution in [0.2, 0.25) is 0 Å². The molecule has 6 rings (SSSR count). The van der Waals surface area contributed by atoms with Crippen molar-refractivity contribution in [3.8, 4) is 11.5 Å². The summed E-state index contributed by atoms with van der Waals surface area (Å²) >= 11 is 0. The lowest BCUT2D eigenvalue weighted by Gasteiger charge is -2.32. The first kappa shape index (κ1) is 31.8. The number of aromatic nitrogens is 4. The smallest absolute Gasteiger partial charge is 0.416 e. The van der Waals surface area contributed by atoms with E-state index in [2.05, 4.69) is 48.1 Å². The van der Waals surface area contributed by atoms with E-state index >= 15 is 0 Å². The molecule has 1 saturated carbocycles. The van der Waals surface area contributed by atoms with Gasteiger partial charge < -0.3 is 20.3 Å². The summed E-state index contributed by atoms with van der Waals surface area (Å²) in [5, 5.41) is 16.3. The number of hydrogen-bond acceptors (Lipinski definition) is 8. The maximum absolute atomic E-state index is 13.0. The lowest BCUT2D eigenvalue weighted by Crippen LogP contribution is -2.44. The average Bonchev–Trinajstić information content (AvgIpc) is 3.83. The Labute approximate surface area is 268 Å². The maximum Gasteiger partial charge on any atom is 0.416 e. The van der Waals surface area contributed by atoms with E-state index in [9.17, 15) is 22.8 Å². The number of alkyl halides is 3. The van der Waals surface area contributed by atoms with Gasteiger partial charge in [0.2, 0.25) is 5.91 Å². The molecule has 1 atom stereocenters. The molecule has 4 N–H and O–H groups in total. The Morgan fingerprint density at radius 3 is 2.64 bits per heavy atom. The van der Waals surface area contributed by atoms with Gasteiger partial charge in [0.15, 0.2) is 11.5 Å². The van der Waals surface area contributed by atoms with Gasteiger partial charge in [-0.3, -0.25) is 20.1 Å². The fourth-order valence-electron chi connectivity index (χ4n) is 5.38. The molecule has 0 unspecified atom stereocenters. The molecular weight excluding hydrogens is 615 g/mol. The Balaban J connectivity index is 1.06.